The van der Waals surface area contributed by atoms with E-state index in [1.165, 1.54) is 27.8 Å². The van der Waals surface area contributed by atoms with Crippen LogP contribution < -0.4 is 0 Å². The fourth-order valence-corrected chi connectivity index (χ4v) is 4.39. The van der Waals surface area contributed by atoms with Crippen molar-refractivity contribution in [2.75, 3.05) is 0 Å². The highest BCUT2D eigenvalue weighted by Gasteiger charge is 2.15. The summed E-state index contributed by atoms with van der Waals surface area (Å²) in [6.07, 6.45) is 2.67. The summed E-state index contributed by atoms with van der Waals surface area (Å²) in [6.45, 7) is 15.5. The Morgan fingerprint density at radius 2 is 1.15 bits per heavy atom. The molecule has 178 valence electrons. The number of nitrogens with zero attached hydrogens (tertiary/aromatic N) is 2. The van der Waals surface area contributed by atoms with Gasteiger partial charge in [0, 0.05) is 0 Å². The fraction of sp³-hybridized carbons (Fsp3) is 0.375. The Morgan fingerprint density at radius 3 is 1.62 bits per heavy atom. The van der Waals surface area contributed by atoms with Crippen molar-refractivity contribution < 1.29 is 0 Å². The second-order valence-electron chi connectivity index (χ2n) is 9.79. The van der Waals surface area contributed by atoms with Crippen LogP contribution in [0.3, 0.4) is 0 Å². The van der Waals surface area contributed by atoms with E-state index in [1.807, 2.05) is 0 Å². The Balaban J connectivity index is 2.15. The van der Waals surface area contributed by atoms with Crippen molar-refractivity contribution in [1.82, 2.24) is 0 Å². The monoisotopic (exact) mass is 452 g/mol. The molecular weight excluding hydrogens is 412 g/mol. The molecule has 2 nitrogen and oxygen atoms in total. The van der Waals surface area contributed by atoms with E-state index < -0.39 is 0 Å². The largest absolute Gasteiger partial charge is 0.251 e. The molecule has 0 atom stereocenters. The number of hydrogen-bond acceptors (Lipinski definition) is 2. The second kappa shape index (κ2) is 11.9. The first-order valence-electron chi connectivity index (χ1n) is 12.7. The van der Waals surface area contributed by atoms with E-state index in [9.17, 15) is 0 Å². The van der Waals surface area contributed by atoms with E-state index in [2.05, 4.69) is 115 Å². The van der Waals surface area contributed by atoms with E-state index in [0.29, 0.717) is 11.8 Å². The molecule has 0 N–H and O–H groups in total. The molecule has 0 aromatic heterocycles. The molecule has 2 heteroatoms. The number of aliphatic imine (C=N–C) groups is 2. The van der Waals surface area contributed by atoms with Crippen LogP contribution in [0, 0.1) is 13.8 Å². The van der Waals surface area contributed by atoms with Gasteiger partial charge in [0.1, 0.15) is 0 Å². The highest BCUT2D eigenvalue weighted by Crippen LogP contribution is 2.33. The number of hydrogen-bond donors (Lipinski definition) is 0. The van der Waals surface area contributed by atoms with Gasteiger partial charge in [-0.3, -0.25) is 9.98 Å². The summed E-state index contributed by atoms with van der Waals surface area (Å²) in [4.78, 5) is 10.6. The molecule has 0 amide bonds. The lowest BCUT2D eigenvalue weighted by molar-refractivity contribution is 0.864. The molecule has 0 aliphatic carbocycles. The van der Waals surface area contributed by atoms with Crippen LogP contribution in [-0.2, 0) is 6.42 Å². The van der Waals surface area contributed by atoms with Gasteiger partial charge in [-0.1, -0.05) is 101 Å². The quantitative estimate of drug-likeness (QED) is 0.289. The lowest BCUT2D eigenvalue weighted by atomic mass is 9.96. The zero-order chi connectivity index (χ0) is 24.7. The first-order chi connectivity index (χ1) is 16.3. The zero-order valence-electron chi connectivity index (χ0n) is 22.0. The molecule has 3 aromatic carbocycles. The van der Waals surface area contributed by atoms with Gasteiger partial charge >= 0.3 is 0 Å². The van der Waals surface area contributed by atoms with Crippen molar-refractivity contribution in [3.63, 3.8) is 0 Å². The molecule has 0 radical (unpaired) electrons. The van der Waals surface area contributed by atoms with Crippen LogP contribution in [0.15, 0.2) is 76.7 Å². The minimum absolute atomic E-state index is 0.417. The molecule has 0 bridgehead atoms. The maximum absolute atomic E-state index is 5.35. The first-order valence-corrected chi connectivity index (χ1v) is 12.7. The average Bonchev–Trinajstić information content (AvgIpc) is 2.82. The summed E-state index contributed by atoms with van der Waals surface area (Å²) in [5.74, 6) is 0.838. The lowest BCUT2D eigenvalue weighted by Crippen LogP contribution is -2.15. The molecule has 0 heterocycles. The van der Waals surface area contributed by atoms with Crippen LogP contribution in [0.2, 0.25) is 0 Å². The van der Waals surface area contributed by atoms with Gasteiger partial charge in [0.2, 0.25) is 0 Å². The molecule has 0 saturated carbocycles. The minimum atomic E-state index is 0.417. The van der Waals surface area contributed by atoms with Gasteiger partial charge in [0.25, 0.3) is 0 Å². The van der Waals surface area contributed by atoms with Crippen molar-refractivity contribution in [1.29, 1.82) is 0 Å². The maximum Gasteiger partial charge on any atom is 0.0697 e. The Morgan fingerprint density at radius 1 is 0.647 bits per heavy atom. The summed E-state index contributed by atoms with van der Waals surface area (Å²) in [7, 11) is 0. The van der Waals surface area contributed by atoms with Crippen LogP contribution in [0.4, 0.5) is 11.4 Å². The number of benzene rings is 3. The summed E-state index contributed by atoms with van der Waals surface area (Å²) in [5.41, 5.74) is 10.8. The Labute approximate surface area is 206 Å². The van der Waals surface area contributed by atoms with Crippen LogP contribution >= 0.6 is 0 Å². The number of aryl methyl sites for hydroxylation is 3. The summed E-state index contributed by atoms with van der Waals surface area (Å²) in [6, 6.07) is 23.7. The highest BCUT2D eigenvalue weighted by molar-refractivity contribution is 6.43. The summed E-state index contributed by atoms with van der Waals surface area (Å²) in [5, 5.41) is 0. The molecule has 0 saturated heterocycles. The van der Waals surface area contributed by atoms with E-state index >= 15 is 0 Å². The Hall–Kier alpha value is -3.00. The topological polar surface area (TPSA) is 24.7 Å². The van der Waals surface area contributed by atoms with Crippen LogP contribution in [0.1, 0.15) is 87.1 Å². The van der Waals surface area contributed by atoms with E-state index in [4.69, 9.17) is 9.98 Å². The molecule has 0 aliphatic heterocycles. The van der Waals surface area contributed by atoms with E-state index in [1.54, 1.807) is 0 Å². The standard InChI is InChI=1S/C32H40N2/c1-8-29(33-31-24(6)14-12-18-27(31)22(2)3)30(21-20-26-16-10-9-11-17-26)34-32-25(7)15-13-19-28(32)23(4)5/h9-19,22-23H,8,20-21H2,1-7H3. The first kappa shape index (κ1) is 25.6. The fourth-order valence-electron chi connectivity index (χ4n) is 4.39. The van der Waals surface area contributed by atoms with Gasteiger partial charge in [0.05, 0.1) is 22.8 Å². The molecule has 0 unspecified atom stereocenters. The van der Waals surface area contributed by atoms with E-state index in [-0.39, 0.29) is 0 Å². The van der Waals surface area contributed by atoms with E-state index in [0.717, 1.165) is 42.1 Å². The Kier molecular flexibility index (Phi) is 8.98. The van der Waals surface area contributed by atoms with Crippen molar-refractivity contribution in [3.8, 4) is 0 Å². The third-order valence-corrected chi connectivity index (χ3v) is 6.44. The van der Waals surface area contributed by atoms with Crippen molar-refractivity contribution >= 4 is 22.8 Å². The van der Waals surface area contributed by atoms with Gasteiger partial charge in [-0.05, 0) is 72.8 Å². The molecule has 34 heavy (non-hydrogen) atoms. The predicted molar refractivity (Wildman–Crippen MR) is 150 cm³/mol. The Bertz CT molecular complexity index is 1150. The summed E-state index contributed by atoms with van der Waals surface area (Å²) < 4.78 is 0. The highest BCUT2D eigenvalue weighted by atomic mass is 14.8. The van der Waals surface area contributed by atoms with Crippen molar-refractivity contribution in [2.45, 2.75) is 79.6 Å². The molecular formula is C32H40N2. The van der Waals surface area contributed by atoms with Crippen LogP contribution in [0.25, 0.3) is 0 Å². The van der Waals surface area contributed by atoms with Gasteiger partial charge in [-0.25, -0.2) is 0 Å². The predicted octanol–water partition coefficient (Wildman–Crippen LogP) is 9.44. The lowest BCUT2D eigenvalue weighted by Gasteiger charge is -2.17. The second-order valence-corrected chi connectivity index (χ2v) is 9.79. The van der Waals surface area contributed by atoms with Crippen LogP contribution in [-0.4, -0.2) is 11.4 Å². The average molecular weight is 453 g/mol. The minimum Gasteiger partial charge on any atom is -0.251 e. The molecule has 0 spiro atoms. The number of rotatable bonds is 9. The third-order valence-electron chi connectivity index (χ3n) is 6.44. The maximum atomic E-state index is 5.35. The van der Waals surface area contributed by atoms with Gasteiger partial charge < -0.3 is 0 Å². The molecule has 3 aromatic rings. The molecule has 0 aliphatic rings. The third kappa shape index (κ3) is 6.32. The van der Waals surface area contributed by atoms with Gasteiger partial charge in [0.15, 0.2) is 0 Å². The van der Waals surface area contributed by atoms with Crippen LogP contribution in [0.5, 0.6) is 0 Å². The molecule has 3 rings (SSSR count). The smallest absolute Gasteiger partial charge is 0.0697 e. The molecule has 0 fully saturated rings. The van der Waals surface area contributed by atoms with Gasteiger partial charge in [-0.2, -0.15) is 0 Å². The van der Waals surface area contributed by atoms with Crippen molar-refractivity contribution in [3.05, 3.63) is 94.5 Å². The SMILES string of the molecule is CCC(=Nc1c(C)cccc1C(C)C)C(CCc1ccccc1)=Nc1c(C)cccc1C(C)C. The normalized spacial score (nSPS) is 12.6. The summed E-state index contributed by atoms with van der Waals surface area (Å²) >= 11 is 0. The van der Waals surface area contributed by atoms with Gasteiger partial charge in [-0.15, -0.1) is 0 Å². The zero-order valence-corrected chi connectivity index (χ0v) is 22.0. The van der Waals surface area contributed by atoms with Crippen molar-refractivity contribution in [2.24, 2.45) is 9.98 Å². The number of para-hydroxylation sites is 2.